The zero-order valence-electron chi connectivity index (χ0n) is 17.6. The molecule has 2 unspecified atom stereocenters. The number of aliphatic imine (C=N–C) groups is 1. The first-order valence-corrected chi connectivity index (χ1v) is 11.1. The first kappa shape index (κ1) is 24.1. The third-order valence-corrected chi connectivity index (χ3v) is 6.22. The molecule has 2 aromatic rings. The fourth-order valence-corrected chi connectivity index (χ4v) is 4.34. The van der Waals surface area contributed by atoms with Crippen LogP contribution in [-0.4, -0.2) is 37.7 Å². The average Bonchev–Trinajstić information content (AvgIpc) is 3.19. The summed E-state index contributed by atoms with van der Waals surface area (Å²) in [6.45, 7) is 6.79. The Hall–Kier alpha value is -1.19. The van der Waals surface area contributed by atoms with Gasteiger partial charge in [-0.3, -0.25) is 4.99 Å². The largest absolute Gasteiger partial charge is 0.373 e. The second-order valence-electron chi connectivity index (χ2n) is 7.32. The Morgan fingerprint density at radius 2 is 2.07 bits per heavy atom. The van der Waals surface area contributed by atoms with Crippen LogP contribution in [0.25, 0.3) is 0 Å². The van der Waals surface area contributed by atoms with Gasteiger partial charge in [-0.25, -0.2) is 4.98 Å². The number of halogens is 1. The molecule has 0 amide bonds. The Balaban J connectivity index is 0.00000300. The van der Waals surface area contributed by atoms with Gasteiger partial charge in [0.15, 0.2) is 5.96 Å². The van der Waals surface area contributed by atoms with Crippen LogP contribution < -0.4 is 10.6 Å². The molecule has 0 bridgehead atoms. The maximum Gasteiger partial charge on any atom is 0.191 e. The smallest absolute Gasteiger partial charge is 0.191 e. The van der Waals surface area contributed by atoms with E-state index in [0.717, 1.165) is 50.6 Å². The molecule has 1 aliphatic rings. The molecule has 2 heterocycles. The zero-order chi connectivity index (χ0) is 19.8. The summed E-state index contributed by atoms with van der Waals surface area (Å²) >= 11 is 1.74. The summed E-state index contributed by atoms with van der Waals surface area (Å²) in [7, 11) is 1.82. The molecular formula is C22H33IN4OS. The molecule has 0 aliphatic carbocycles. The molecule has 0 saturated carbocycles. The number of guanidine groups is 1. The molecule has 2 N–H and O–H groups in total. The van der Waals surface area contributed by atoms with E-state index in [0.29, 0.717) is 5.92 Å². The van der Waals surface area contributed by atoms with E-state index in [1.54, 1.807) is 11.3 Å². The lowest BCUT2D eigenvalue weighted by Gasteiger charge is -2.32. The molecule has 1 aromatic carbocycles. The summed E-state index contributed by atoms with van der Waals surface area (Å²) in [5.41, 5.74) is 3.71. The van der Waals surface area contributed by atoms with E-state index < -0.39 is 0 Å². The van der Waals surface area contributed by atoms with Gasteiger partial charge in [-0.05, 0) is 31.7 Å². The van der Waals surface area contributed by atoms with Gasteiger partial charge < -0.3 is 15.4 Å². The van der Waals surface area contributed by atoms with Crippen molar-refractivity contribution < 1.29 is 4.74 Å². The molecule has 0 spiro atoms. The third-order valence-electron chi connectivity index (χ3n) is 5.18. The number of thiazole rings is 1. The van der Waals surface area contributed by atoms with Gasteiger partial charge in [-0.1, -0.05) is 36.8 Å². The van der Waals surface area contributed by atoms with Crippen molar-refractivity contribution in [2.24, 2.45) is 10.9 Å². The Morgan fingerprint density at radius 1 is 1.28 bits per heavy atom. The highest BCUT2D eigenvalue weighted by Gasteiger charge is 2.27. The summed E-state index contributed by atoms with van der Waals surface area (Å²) in [5, 5.41) is 10.3. The number of nitrogens with one attached hydrogen (secondary N) is 2. The van der Waals surface area contributed by atoms with Gasteiger partial charge in [0.25, 0.3) is 0 Å². The van der Waals surface area contributed by atoms with Crippen LogP contribution in [0.15, 0.2) is 34.6 Å². The van der Waals surface area contributed by atoms with Crippen molar-refractivity contribution in [3.05, 3.63) is 51.5 Å². The standard InChI is InChI=1S/C22H32N4OS.HI/c1-4-20-26-19(15-28-20)11-12-24-22(23-3)25-14-18-6-5-13-27-21(18)17-9-7-16(2)8-10-17;/h7-10,15,18,21H,4-6,11-14H2,1-3H3,(H2,23,24,25);1H. The van der Waals surface area contributed by atoms with Crippen molar-refractivity contribution in [2.75, 3.05) is 26.7 Å². The topological polar surface area (TPSA) is 58.5 Å². The maximum atomic E-state index is 6.13. The molecule has 160 valence electrons. The fourth-order valence-electron chi connectivity index (χ4n) is 3.56. The first-order valence-electron chi connectivity index (χ1n) is 10.3. The molecule has 5 nitrogen and oxygen atoms in total. The number of hydrogen-bond acceptors (Lipinski definition) is 4. The molecule has 1 fully saturated rings. The second kappa shape index (κ2) is 12.5. The number of rotatable bonds is 7. The van der Waals surface area contributed by atoms with E-state index in [1.165, 1.54) is 22.6 Å². The van der Waals surface area contributed by atoms with Crippen LogP contribution in [0.4, 0.5) is 0 Å². The van der Waals surface area contributed by atoms with E-state index in [9.17, 15) is 0 Å². The molecule has 1 aromatic heterocycles. The van der Waals surface area contributed by atoms with Crippen molar-refractivity contribution in [3.63, 3.8) is 0 Å². The lowest BCUT2D eigenvalue weighted by atomic mass is 9.89. The predicted molar refractivity (Wildman–Crippen MR) is 133 cm³/mol. The number of aromatic nitrogens is 1. The molecular weight excluding hydrogens is 495 g/mol. The van der Waals surface area contributed by atoms with Crippen LogP contribution in [0.2, 0.25) is 0 Å². The molecule has 0 radical (unpaired) electrons. The Bertz CT molecular complexity index is 762. The SMILES string of the molecule is CCc1nc(CCNC(=NC)NCC2CCCOC2c2ccc(C)cc2)cs1.I. The van der Waals surface area contributed by atoms with Gasteiger partial charge in [0, 0.05) is 44.5 Å². The summed E-state index contributed by atoms with van der Waals surface area (Å²) in [6, 6.07) is 8.73. The Kier molecular flexibility index (Phi) is 10.4. The van der Waals surface area contributed by atoms with Gasteiger partial charge in [0.1, 0.15) is 0 Å². The van der Waals surface area contributed by atoms with Gasteiger partial charge >= 0.3 is 0 Å². The number of benzene rings is 1. The van der Waals surface area contributed by atoms with Crippen LogP contribution >= 0.6 is 35.3 Å². The number of aryl methyl sites for hydroxylation is 2. The molecule has 2 atom stereocenters. The van der Waals surface area contributed by atoms with Crippen molar-refractivity contribution >= 4 is 41.3 Å². The van der Waals surface area contributed by atoms with Gasteiger partial charge in [-0.15, -0.1) is 35.3 Å². The highest BCUT2D eigenvalue weighted by Crippen LogP contribution is 2.33. The zero-order valence-corrected chi connectivity index (χ0v) is 20.8. The number of nitrogens with zero attached hydrogens (tertiary/aromatic N) is 2. The van der Waals surface area contributed by atoms with Crippen LogP contribution in [0.1, 0.15) is 47.7 Å². The van der Waals surface area contributed by atoms with Crippen molar-refractivity contribution in [2.45, 2.75) is 45.6 Å². The van der Waals surface area contributed by atoms with Crippen LogP contribution in [-0.2, 0) is 17.6 Å². The summed E-state index contributed by atoms with van der Waals surface area (Å²) in [5.74, 6) is 1.29. The van der Waals surface area contributed by atoms with E-state index in [-0.39, 0.29) is 30.1 Å². The van der Waals surface area contributed by atoms with Gasteiger partial charge in [0.2, 0.25) is 0 Å². The summed E-state index contributed by atoms with van der Waals surface area (Å²) in [6.07, 6.45) is 4.36. The summed E-state index contributed by atoms with van der Waals surface area (Å²) in [4.78, 5) is 8.99. The third kappa shape index (κ3) is 7.22. The molecule has 7 heteroatoms. The number of hydrogen-bond donors (Lipinski definition) is 2. The maximum absolute atomic E-state index is 6.13. The predicted octanol–water partition coefficient (Wildman–Crippen LogP) is 4.51. The van der Waals surface area contributed by atoms with E-state index >= 15 is 0 Å². The quantitative estimate of drug-likeness (QED) is 0.316. The van der Waals surface area contributed by atoms with Crippen LogP contribution in [0.3, 0.4) is 0 Å². The minimum absolute atomic E-state index is 0. The monoisotopic (exact) mass is 528 g/mol. The molecule has 1 aliphatic heterocycles. The summed E-state index contributed by atoms with van der Waals surface area (Å²) < 4.78 is 6.13. The Morgan fingerprint density at radius 3 is 2.76 bits per heavy atom. The lowest BCUT2D eigenvalue weighted by molar-refractivity contribution is -0.0265. The second-order valence-corrected chi connectivity index (χ2v) is 8.26. The van der Waals surface area contributed by atoms with E-state index in [4.69, 9.17) is 4.74 Å². The lowest BCUT2D eigenvalue weighted by Crippen LogP contribution is -2.42. The molecule has 1 saturated heterocycles. The van der Waals surface area contributed by atoms with Gasteiger partial charge in [-0.2, -0.15) is 0 Å². The minimum atomic E-state index is 0. The number of ether oxygens (including phenoxy) is 1. The van der Waals surface area contributed by atoms with E-state index in [1.807, 2.05) is 7.05 Å². The minimum Gasteiger partial charge on any atom is -0.373 e. The Labute approximate surface area is 195 Å². The average molecular weight is 529 g/mol. The normalized spacial score (nSPS) is 19.5. The van der Waals surface area contributed by atoms with Crippen molar-refractivity contribution in [1.29, 1.82) is 0 Å². The van der Waals surface area contributed by atoms with Crippen LogP contribution in [0.5, 0.6) is 0 Å². The van der Waals surface area contributed by atoms with E-state index in [2.05, 4.69) is 64.1 Å². The van der Waals surface area contributed by atoms with Crippen molar-refractivity contribution in [3.8, 4) is 0 Å². The first-order chi connectivity index (χ1) is 13.7. The highest BCUT2D eigenvalue weighted by atomic mass is 127. The molecule has 3 rings (SSSR count). The van der Waals surface area contributed by atoms with Crippen molar-refractivity contribution in [1.82, 2.24) is 15.6 Å². The van der Waals surface area contributed by atoms with Gasteiger partial charge in [0.05, 0.1) is 16.8 Å². The fraction of sp³-hybridized carbons (Fsp3) is 0.545. The molecule has 29 heavy (non-hydrogen) atoms. The van der Waals surface area contributed by atoms with Crippen LogP contribution in [0, 0.1) is 12.8 Å². The highest BCUT2D eigenvalue weighted by molar-refractivity contribution is 14.0.